The van der Waals surface area contributed by atoms with E-state index >= 15 is 0 Å². The first kappa shape index (κ1) is 11.5. The number of hydrogen-bond acceptors (Lipinski definition) is 4. The SMILES string of the molecule is NC1CCCN(C(=O)c2cnc(Br)cn2)C1. The Morgan fingerprint density at radius 3 is 2.94 bits per heavy atom. The molecule has 6 heteroatoms. The lowest BCUT2D eigenvalue weighted by atomic mass is 10.1. The van der Waals surface area contributed by atoms with E-state index in [9.17, 15) is 4.79 Å². The largest absolute Gasteiger partial charge is 0.336 e. The molecule has 5 nitrogen and oxygen atoms in total. The normalized spacial score (nSPS) is 20.9. The van der Waals surface area contributed by atoms with Crippen molar-refractivity contribution in [1.82, 2.24) is 14.9 Å². The highest BCUT2D eigenvalue weighted by Gasteiger charge is 2.23. The molecule has 1 aromatic rings. The van der Waals surface area contributed by atoms with Gasteiger partial charge in [-0.2, -0.15) is 0 Å². The summed E-state index contributed by atoms with van der Waals surface area (Å²) in [7, 11) is 0. The standard InChI is InChI=1S/C10H13BrN4O/c11-9-5-13-8(4-14-9)10(16)15-3-1-2-7(12)6-15/h4-5,7H,1-3,6,12H2. The lowest BCUT2D eigenvalue weighted by Gasteiger charge is -2.30. The van der Waals surface area contributed by atoms with Crippen molar-refractivity contribution in [1.29, 1.82) is 0 Å². The van der Waals surface area contributed by atoms with E-state index in [1.54, 1.807) is 4.90 Å². The number of piperidine rings is 1. The van der Waals surface area contributed by atoms with Crippen molar-refractivity contribution in [2.75, 3.05) is 13.1 Å². The van der Waals surface area contributed by atoms with Gasteiger partial charge in [-0.1, -0.05) is 0 Å². The zero-order valence-corrected chi connectivity index (χ0v) is 10.4. The van der Waals surface area contributed by atoms with Crippen molar-refractivity contribution in [2.45, 2.75) is 18.9 Å². The number of aromatic nitrogens is 2. The van der Waals surface area contributed by atoms with Crippen molar-refractivity contribution in [3.05, 3.63) is 22.7 Å². The van der Waals surface area contributed by atoms with Crippen molar-refractivity contribution >= 4 is 21.8 Å². The average Bonchev–Trinajstić information content (AvgIpc) is 2.29. The maximum absolute atomic E-state index is 12.0. The fourth-order valence-electron chi connectivity index (χ4n) is 1.78. The van der Waals surface area contributed by atoms with E-state index in [0.717, 1.165) is 19.4 Å². The third kappa shape index (κ3) is 2.56. The molecule has 1 unspecified atom stereocenters. The number of carbonyl (C=O) groups excluding carboxylic acids is 1. The number of amides is 1. The van der Waals surface area contributed by atoms with Gasteiger partial charge in [-0.15, -0.1) is 0 Å². The molecule has 0 spiro atoms. The van der Waals surface area contributed by atoms with E-state index in [0.29, 0.717) is 16.8 Å². The van der Waals surface area contributed by atoms with Crippen LogP contribution in [-0.2, 0) is 0 Å². The summed E-state index contributed by atoms with van der Waals surface area (Å²) in [6.45, 7) is 1.36. The third-order valence-electron chi connectivity index (χ3n) is 2.58. The fraction of sp³-hybridized carbons (Fsp3) is 0.500. The molecule has 1 saturated heterocycles. The molecule has 1 aromatic heterocycles. The van der Waals surface area contributed by atoms with E-state index in [-0.39, 0.29) is 11.9 Å². The summed E-state index contributed by atoms with van der Waals surface area (Å²) < 4.78 is 0.624. The molecule has 2 rings (SSSR count). The van der Waals surface area contributed by atoms with Crippen LogP contribution in [0.25, 0.3) is 0 Å². The van der Waals surface area contributed by atoms with Gasteiger partial charge in [0.05, 0.1) is 12.4 Å². The maximum atomic E-state index is 12.0. The minimum absolute atomic E-state index is 0.0844. The van der Waals surface area contributed by atoms with Gasteiger partial charge >= 0.3 is 0 Å². The lowest BCUT2D eigenvalue weighted by Crippen LogP contribution is -2.45. The van der Waals surface area contributed by atoms with Crippen LogP contribution < -0.4 is 5.73 Å². The number of halogens is 1. The molecule has 2 heterocycles. The van der Waals surface area contributed by atoms with E-state index in [4.69, 9.17) is 5.73 Å². The van der Waals surface area contributed by atoms with Gasteiger partial charge in [0.15, 0.2) is 0 Å². The van der Waals surface area contributed by atoms with Crippen molar-refractivity contribution in [3.8, 4) is 0 Å². The molecule has 0 bridgehead atoms. The van der Waals surface area contributed by atoms with Gasteiger partial charge in [0.2, 0.25) is 0 Å². The van der Waals surface area contributed by atoms with Crippen LogP contribution in [0.5, 0.6) is 0 Å². The van der Waals surface area contributed by atoms with Crippen LogP contribution in [0, 0.1) is 0 Å². The van der Waals surface area contributed by atoms with E-state index in [1.807, 2.05) is 0 Å². The average molecular weight is 285 g/mol. The van der Waals surface area contributed by atoms with Crippen LogP contribution in [0.1, 0.15) is 23.3 Å². The van der Waals surface area contributed by atoms with E-state index in [2.05, 4.69) is 25.9 Å². The Bertz CT molecular complexity index is 381. The quantitative estimate of drug-likeness (QED) is 0.828. The Hall–Kier alpha value is -1.01. The molecule has 0 aliphatic carbocycles. The summed E-state index contributed by atoms with van der Waals surface area (Å²) in [6.07, 6.45) is 4.94. The predicted molar refractivity (Wildman–Crippen MR) is 62.8 cm³/mol. The second-order valence-corrected chi connectivity index (χ2v) is 4.69. The summed E-state index contributed by atoms with van der Waals surface area (Å²) >= 11 is 3.18. The highest BCUT2D eigenvalue weighted by Crippen LogP contribution is 2.12. The second-order valence-electron chi connectivity index (χ2n) is 3.88. The molecule has 2 N–H and O–H groups in total. The van der Waals surface area contributed by atoms with Crippen LogP contribution in [0.4, 0.5) is 0 Å². The van der Waals surface area contributed by atoms with E-state index < -0.39 is 0 Å². The number of rotatable bonds is 1. The smallest absolute Gasteiger partial charge is 0.274 e. The van der Waals surface area contributed by atoms with Crippen LogP contribution in [0.15, 0.2) is 17.0 Å². The molecular weight excluding hydrogens is 272 g/mol. The monoisotopic (exact) mass is 284 g/mol. The highest BCUT2D eigenvalue weighted by atomic mass is 79.9. The Morgan fingerprint density at radius 1 is 1.50 bits per heavy atom. The molecule has 16 heavy (non-hydrogen) atoms. The zero-order chi connectivity index (χ0) is 11.5. The molecule has 1 aliphatic heterocycles. The van der Waals surface area contributed by atoms with Gasteiger partial charge in [-0.05, 0) is 28.8 Å². The van der Waals surface area contributed by atoms with Crippen LogP contribution in [0.2, 0.25) is 0 Å². The highest BCUT2D eigenvalue weighted by molar-refractivity contribution is 9.10. The first-order valence-corrected chi connectivity index (χ1v) is 5.98. The minimum Gasteiger partial charge on any atom is -0.336 e. The van der Waals surface area contributed by atoms with Crippen LogP contribution >= 0.6 is 15.9 Å². The Balaban J connectivity index is 2.09. The second kappa shape index (κ2) is 4.88. The molecule has 0 saturated carbocycles. The van der Waals surface area contributed by atoms with Crippen molar-refractivity contribution in [3.63, 3.8) is 0 Å². The van der Waals surface area contributed by atoms with Crippen LogP contribution in [-0.4, -0.2) is 39.9 Å². The first-order valence-electron chi connectivity index (χ1n) is 5.19. The Morgan fingerprint density at radius 2 is 2.31 bits per heavy atom. The first-order chi connectivity index (χ1) is 7.66. The number of nitrogens with zero attached hydrogens (tertiary/aromatic N) is 3. The number of hydrogen-bond donors (Lipinski definition) is 1. The third-order valence-corrected chi connectivity index (χ3v) is 2.99. The van der Waals surface area contributed by atoms with Gasteiger partial charge in [0, 0.05) is 19.1 Å². The number of likely N-dealkylation sites (tertiary alicyclic amines) is 1. The van der Waals surface area contributed by atoms with Crippen LogP contribution in [0.3, 0.4) is 0 Å². The summed E-state index contributed by atoms with van der Waals surface area (Å²) in [5.41, 5.74) is 6.20. The molecule has 86 valence electrons. The van der Waals surface area contributed by atoms with Gasteiger partial charge < -0.3 is 10.6 Å². The number of carbonyl (C=O) groups is 1. The molecule has 1 aliphatic rings. The Kier molecular flexibility index (Phi) is 3.50. The maximum Gasteiger partial charge on any atom is 0.274 e. The molecule has 1 fully saturated rings. The summed E-state index contributed by atoms with van der Waals surface area (Å²) in [5.74, 6) is -0.0878. The predicted octanol–water partition coefficient (Wildman–Crippen LogP) is 0.802. The summed E-state index contributed by atoms with van der Waals surface area (Å²) in [5, 5.41) is 0. The molecule has 0 radical (unpaired) electrons. The van der Waals surface area contributed by atoms with Gasteiger partial charge in [-0.3, -0.25) is 4.79 Å². The van der Waals surface area contributed by atoms with Crippen molar-refractivity contribution in [2.24, 2.45) is 5.73 Å². The molecule has 1 amide bonds. The topological polar surface area (TPSA) is 72.1 Å². The molecular formula is C10H13BrN4O. The molecule has 1 atom stereocenters. The van der Waals surface area contributed by atoms with Gasteiger partial charge in [-0.25, -0.2) is 9.97 Å². The van der Waals surface area contributed by atoms with Crippen molar-refractivity contribution < 1.29 is 4.79 Å². The summed E-state index contributed by atoms with van der Waals surface area (Å²) in [6, 6.07) is 0.0844. The lowest BCUT2D eigenvalue weighted by molar-refractivity contribution is 0.0702. The Labute approximate surface area is 102 Å². The fourth-order valence-corrected chi connectivity index (χ4v) is 1.98. The summed E-state index contributed by atoms with van der Waals surface area (Å²) in [4.78, 5) is 21.8. The van der Waals surface area contributed by atoms with E-state index in [1.165, 1.54) is 12.4 Å². The zero-order valence-electron chi connectivity index (χ0n) is 8.77. The molecule has 0 aromatic carbocycles. The van der Waals surface area contributed by atoms with Gasteiger partial charge in [0.1, 0.15) is 10.3 Å². The van der Waals surface area contributed by atoms with Gasteiger partial charge in [0.25, 0.3) is 5.91 Å². The number of nitrogens with two attached hydrogens (primary N) is 1. The minimum atomic E-state index is -0.0878.